The molecule has 11 nitrogen and oxygen atoms in total. The maximum atomic E-state index is 15.3. The topological polar surface area (TPSA) is 121 Å². The molecule has 2 heterocycles. The number of halogens is 1. The molecule has 0 radical (unpaired) electrons. The van der Waals surface area contributed by atoms with E-state index in [0.717, 1.165) is 37.0 Å². The van der Waals surface area contributed by atoms with Crippen LogP contribution in [0.5, 0.6) is 34.5 Å². The van der Waals surface area contributed by atoms with E-state index in [-0.39, 0.29) is 5.75 Å². The van der Waals surface area contributed by atoms with Crippen molar-refractivity contribution in [2.75, 3.05) is 52.6 Å². The third-order valence-corrected chi connectivity index (χ3v) is 8.03. The molecule has 4 aromatic rings. The van der Waals surface area contributed by atoms with Crippen LogP contribution < -0.4 is 34.4 Å². The molecule has 0 atom stereocenters. The highest BCUT2D eigenvalue weighted by molar-refractivity contribution is 5.93. The van der Waals surface area contributed by atoms with E-state index >= 15 is 4.39 Å². The van der Waals surface area contributed by atoms with Gasteiger partial charge in [0.15, 0.2) is 23.1 Å². The number of amides is 2. The SMILES string of the molecule is COc1cc(OC)cc(N(N=Cc2ccc(Oc3ccnc4cc(OCCCN5CCC(C)CC5)c(OC)cc34)c(F)c2)C(N)=O)c1. The van der Waals surface area contributed by atoms with Crippen LogP contribution in [0.1, 0.15) is 31.7 Å². The second-order valence-corrected chi connectivity index (χ2v) is 11.3. The van der Waals surface area contributed by atoms with Gasteiger partial charge < -0.3 is 34.3 Å². The lowest BCUT2D eigenvalue weighted by atomic mass is 9.99. The number of rotatable bonds is 13. The number of urea groups is 1. The number of methoxy groups -OCH3 is 3. The van der Waals surface area contributed by atoms with Crippen LogP contribution in [0.15, 0.2) is 65.9 Å². The number of carbonyl (C=O) groups excluding carboxylic acids is 1. The summed E-state index contributed by atoms with van der Waals surface area (Å²) in [6.07, 6.45) is 6.30. The maximum absolute atomic E-state index is 15.3. The first kappa shape index (κ1) is 33.3. The van der Waals surface area contributed by atoms with E-state index in [9.17, 15) is 4.79 Å². The molecule has 0 spiro atoms. The summed E-state index contributed by atoms with van der Waals surface area (Å²) in [4.78, 5) is 19.1. The van der Waals surface area contributed by atoms with Crippen LogP contribution in [0.25, 0.3) is 10.9 Å². The highest BCUT2D eigenvalue weighted by atomic mass is 19.1. The van der Waals surface area contributed by atoms with E-state index in [1.54, 1.807) is 49.7 Å². The highest BCUT2D eigenvalue weighted by Gasteiger charge is 2.17. The molecule has 2 amide bonds. The third kappa shape index (κ3) is 8.39. The van der Waals surface area contributed by atoms with E-state index in [4.69, 9.17) is 29.4 Å². The first-order valence-corrected chi connectivity index (χ1v) is 15.4. The number of pyridine rings is 1. The maximum Gasteiger partial charge on any atom is 0.340 e. The van der Waals surface area contributed by atoms with Gasteiger partial charge in [-0.2, -0.15) is 10.1 Å². The van der Waals surface area contributed by atoms with Crippen LogP contribution in [0, 0.1) is 11.7 Å². The lowest BCUT2D eigenvalue weighted by Crippen LogP contribution is -2.34. The summed E-state index contributed by atoms with van der Waals surface area (Å²) < 4.78 is 43.5. The van der Waals surface area contributed by atoms with Gasteiger partial charge in [0.1, 0.15) is 17.2 Å². The van der Waals surface area contributed by atoms with Crippen molar-refractivity contribution < 1.29 is 32.9 Å². The van der Waals surface area contributed by atoms with Gasteiger partial charge >= 0.3 is 6.03 Å². The lowest BCUT2D eigenvalue weighted by molar-refractivity contribution is 0.176. The first-order chi connectivity index (χ1) is 22.8. The van der Waals surface area contributed by atoms with Crippen LogP contribution in [0.2, 0.25) is 0 Å². The van der Waals surface area contributed by atoms with Crippen LogP contribution in [0.4, 0.5) is 14.9 Å². The van der Waals surface area contributed by atoms with Crippen molar-refractivity contribution in [3.8, 4) is 34.5 Å². The van der Waals surface area contributed by atoms with Gasteiger partial charge in [0.25, 0.3) is 0 Å². The Labute approximate surface area is 273 Å². The van der Waals surface area contributed by atoms with Crippen LogP contribution in [0.3, 0.4) is 0 Å². The van der Waals surface area contributed by atoms with E-state index in [0.29, 0.717) is 57.5 Å². The normalized spacial score (nSPS) is 13.9. The quantitative estimate of drug-likeness (QED) is 0.0980. The minimum absolute atomic E-state index is 0.00895. The summed E-state index contributed by atoms with van der Waals surface area (Å²) >= 11 is 0. The number of fused-ring (bicyclic) bond motifs is 1. The standard InChI is InChI=1S/C35H40FN5O6/c1-23-9-13-40(14-10-23)12-5-15-46-34-21-30-28(20-33(34)45-4)31(8-11-38-30)47-32-7-6-24(16-29(32)36)22-39-41(35(37)42)25-17-26(43-2)19-27(18-25)44-3/h6-8,11,16-23H,5,9-10,12-15H2,1-4H3,(H2,37,42). The zero-order valence-corrected chi connectivity index (χ0v) is 27.1. The zero-order chi connectivity index (χ0) is 33.3. The fourth-order valence-electron chi connectivity index (χ4n) is 5.33. The minimum atomic E-state index is -0.849. The number of benzene rings is 3. The number of hydrogen-bond acceptors (Lipinski definition) is 9. The summed E-state index contributed by atoms with van der Waals surface area (Å²) in [5, 5.41) is 5.76. The second kappa shape index (κ2) is 15.5. The first-order valence-electron chi connectivity index (χ1n) is 15.4. The van der Waals surface area contributed by atoms with Gasteiger partial charge in [-0.15, -0.1) is 0 Å². The molecule has 0 aliphatic carbocycles. The number of piperidine rings is 1. The van der Waals surface area contributed by atoms with Crippen molar-refractivity contribution in [2.24, 2.45) is 16.8 Å². The molecule has 0 unspecified atom stereocenters. The molecule has 1 aromatic heterocycles. The second-order valence-electron chi connectivity index (χ2n) is 11.3. The molecular weight excluding hydrogens is 605 g/mol. The van der Waals surface area contributed by atoms with Crippen molar-refractivity contribution in [2.45, 2.75) is 26.2 Å². The van der Waals surface area contributed by atoms with Gasteiger partial charge in [0.2, 0.25) is 0 Å². The van der Waals surface area contributed by atoms with Gasteiger partial charge in [-0.05, 0) is 74.2 Å². The van der Waals surface area contributed by atoms with Gasteiger partial charge in [-0.3, -0.25) is 4.98 Å². The Hall–Kier alpha value is -5.10. The molecule has 0 bridgehead atoms. The predicted molar refractivity (Wildman–Crippen MR) is 179 cm³/mol. The Kier molecular flexibility index (Phi) is 10.9. The van der Waals surface area contributed by atoms with E-state index in [1.165, 1.54) is 45.4 Å². The van der Waals surface area contributed by atoms with Gasteiger partial charge in [0.05, 0.1) is 45.4 Å². The summed E-state index contributed by atoms with van der Waals surface area (Å²) in [6, 6.07) is 13.5. The van der Waals surface area contributed by atoms with Crippen molar-refractivity contribution in [3.63, 3.8) is 0 Å². The number of nitrogens with zero attached hydrogens (tertiary/aromatic N) is 4. The lowest BCUT2D eigenvalue weighted by Gasteiger charge is -2.30. The molecule has 12 heteroatoms. The number of hydrazone groups is 1. The molecule has 47 heavy (non-hydrogen) atoms. The minimum Gasteiger partial charge on any atom is -0.497 e. The van der Waals surface area contributed by atoms with Gasteiger partial charge in [0, 0.05) is 42.4 Å². The van der Waals surface area contributed by atoms with Crippen LogP contribution in [-0.4, -0.2) is 69.7 Å². The Bertz CT molecular complexity index is 1700. The fraction of sp³-hybridized carbons (Fsp3) is 0.343. The number of nitrogens with two attached hydrogens (primary N) is 1. The number of likely N-dealkylation sites (tertiary alicyclic amines) is 1. The summed E-state index contributed by atoms with van der Waals surface area (Å²) in [6.45, 7) is 6.13. The Morgan fingerprint density at radius 2 is 1.72 bits per heavy atom. The summed E-state index contributed by atoms with van der Waals surface area (Å²) in [5.74, 6) is 2.55. The molecule has 248 valence electrons. The number of hydrogen-bond donors (Lipinski definition) is 1. The Morgan fingerprint density at radius 1 is 0.979 bits per heavy atom. The average Bonchev–Trinajstić information content (AvgIpc) is 3.08. The van der Waals surface area contributed by atoms with E-state index in [2.05, 4.69) is 21.9 Å². The molecule has 3 aromatic carbocycles. The van der Waals surface area contributed by atoms with Crippen LogP contribution in [-0.2, 0) is 0 Å². The summed E-state index contributed by atoms with van der Waals surface area (Å²) in [7, 11) is 4.54. The molecule has 2 N–H and O–H groups in total. The summed E-state index contributed by atoms with van der Waals surface area (Å²) in [5.41, 5.74) is 6.87. The molecule has 1 saturated heterocycles. The number of anilines is 1. The molecule has 1 aliphatic rings. The zero-order valence-electron chi connectivity index (χ0n) is 27.1. The van der Waals surface area contributed by atoms with E-state index < -0.39 is 11.8 Å². The molecule has 0 saturated carbocycles. The smallest absolute Gasteiger partial charge is 0.340 e. The Balaban J connectivity index is 1.28. The number of carbonyl (C=O) groups is 1. The van der Waals surface area contributed by atoms with Crippen molar-refractivity contribution >= 4 is 28.8 Å². The number of primary amides is 1. The molecule has 1 aliphatic heterocycles. The van der Waals surface area contributed by atoms with Crippen molar-refractivity contribution in [3.05, 3.63) is 72.2 Å². The molecule has 5 rings (SSSR count). The third-order valence-electron chi connectivity index (χ3n) is 8.03. The highest BCUT2D eigenvalue weighted by Crippen LogP contribution is 2.38. The Morgan fingerprint density at radius 3 is 2.38 bits per heavy atom. The monoisotopic (exact) mass is 645 g/mol. The molecule has 1 fully saturated rings. The van der Waals surface area contributed by atoms with Crippen LogP contribution >= 0.6 is 0 Å². The predicted octanol–water partition coefficient (Wildman–Crippen LogP) is 6.61. The molecular formula is C35H40FN5O6. The van der Waals surface area contributed by atoms with Gasteiger partial charge in [-0.1, -0.05) is 6.92 Å². The van der Waals surface area contributed by atoms with Gasteiger partial charge in [-0.25, -0.2) is 9.18 Å². The number of ether oxygens (including phenoxy) is 5. The van der Waals surface area contributed by atoms with E-state index in [1.807, 2.05) is 6.07 Å². The average molecular weight is 646 g/mol. The fourth-order valence-corrected chi connectivity index (χ4v) is 5.33. The van der Waals surface area contributed by atoms with Crippen molar-refractivity contribution in [1.82, 2.24) is 9.88 Å². The number of aromatic nitrogens is 1. The largest absolute Gasteiger partial charge is 0.497 e. The van der Waals surface area contributed by atoms with Crippen molar-refractivity contribution in [1.29, 1.82) is 0 Å².